The van der Waals surface area contributed by atoms with Gasteiger partial charge >= 0.3 is 0 Å². The summed E-state index contributed by atoms with van der Waals surface area (Å²) in [5.41, 5.74) is 1.02. The first kappa shape index (κ1) is 17.5. The zero-order valence-corrected chi connectivity index (χ0v) is 13.6. The number of nitrogens with zero attached hydrogens (tertiary/aromatic N) is 1. The summed E-state index contributed by atoms with van der Waals surface area (Å²) in [6.07, 6.45) is 2.56. The van der Waals surface area contributed by atoms with Crippen LogP contribution in [0, 0.1) is 17.5 Å². The first-order valence-electron chi connectivity index (χ1n) is 8.27. The molecule has 1 aliphatic heterocycles. The van der Waals surface area contributed by atoms with Crippen molar-refractivity contribution in [1.29, 1.82) is 0 Å². The molecule has 1 atom stereocenters. The molecule has 132 valence electrons. The van der Waals surface area contributed by atoms with Crippen molar-refractivity contribution in [1.82, 2.24) is 4.90 Å². The maximum absolute atomic E-state index is 13.3. The average molecular weight is 348 g/mol. The molecule has 1 N–H and O–H groups in total. The number of anilines is 1. The fourth-order valence-corrected chi connectivity index (χ4v) is 3.15. The van der Waals surface area contributed by atoms with Gasteiger partial charge in [-0.2, -0.15) is 0 Å². The van der Waals surface area contributed by atoms with E-state index in [0.29, 0.717) is 13.0 Å². The molecular formula is C19H19F3N2O. The Bertz CT molecular complexity index is 729. The Labute approximate surface area is 144 Å². The van der Waals surface area contributed by atoms with Crippen LogP contribution in [-0.2, 0) is 11.3 Å². The SMILES string of the molecule is O=C(Nc1cc(F)cc(F)c1)C1CCCCN1Cc1ccc(F)cc1. The van der Waals surface area contributed by atoms with Crippen LogP contribution in [0.3, 0.4) is 0 Å². The number of hydrogen-bond donors (Lipinski definition) is 1. The van der Waals surface area contributed by atoms with Gasteiger partial charge in [-0.25, -0.2) is 13.2 Å². The first-order valence-corrected chi connectivity index (χ1v) is 8.27. The number of rotatable bonds is 4. The highest BCUT2D eigenvalue weighted by molar-refractivity contribution is 5.94. The van der Waals surface area contributed by atoms with E-state index in [9.17, 15) is 18.0 Å². The Morgan fingerprint density at radius 3 is 2.36 bits per heavy atom. The zero-order chi connectivity index (χ0) is 17.8. The molecule has 1 unspecified atom stereocenters. The Kier molecular flexibility index (Phi) is 5.38. The maximum atomic E-state index is 13.3. The van der Waals surface area contributed by atoms with Crippen LogP contribution in [0.15, 0.2) is 42.5 Å². The molecule has 1 amide bonds. The molecule has 1 saturated heterocycles. The van der Waals surface area contributed by atoms with E-state index in [0.717, 1.165) is 43.1 Å². The largest absolute Gasteiger partial charge is 0.325 e. The summed E-state index contributed by atoms with van der Waals surface area (Å²) >= 11 is 0. The molecular weight excluding hydrogens is 329 g/mol. The van der Waals surface area contributed by atoms with Crippen molar-refractivity contribution in [3.63, 3.8) is 0 Å². The number of hydrogen-bond acceptors (Lipinski definition) is 2. The van der Waals surface area contributed by atoms with E-state index >= 15 is 0 Å². The number of piperidine rings is 1. The van der Waals surface area contributed by atoms with Crippen molar-refractivity contribution in [3.05, 3.63) is 65.5 Å². The Morgan fingerprint density at radius 2 is 1.68 bits per heavy atom. The van der Waals surface area contributed by atoms with Crippen LogP contribution in [-0.4, -0.2) is 23.4 Å². The predicted molar refractivity (Wildman–Crippen MR) is 89.4 cm³/mol. The second-order valence-corrected chi connectivity index (χ2v) is 6.26. The highest BCUT2D eigenvalue weighted by Gasteiger charge is 2.28. The van der Waals surface area contributed by atoms with E-state index < -0.39 is 11.6 Å². The Hall–Kier alpha value is -2.34. The van der Waals surface area contributed by atoms with Crippen molar-refractivity contribution in [2.45, 2.75) is 31.8 Å². The van der Waals surface area contributed by atoms with Gasteiger partial charge in [-0.1, -0.05) is 18.6 Å². The standard InChI is InChI=1S/C19H19F3N2O/c20-14-6-4-13(5-7-14)12-24-8-2-1-3-18(24)19(25)23-17-10-15(21)9-16(22)11-17/h4-7,9-11,18H,1-3,8,12H2,(H,23,25). The molecule has 0 bridgehead atoms. The molecule has 0 aromatic heterocycles. The second-order valence-electron chi connectivity index (χ2n) is 6.26. The number of likely N-dealkylation sites (tertiary alicyclic amines) is 1. The minimum absolute atomic E-state index is 0.106. The molecule has 0 radical (unpaired) electrons. The molecule has 2 aromatic rings. The Morgan fingerprint density at radius 1 is 1.00 bits per heavy atom. The minimum atomic E-state index is -0.734. The van der Waals surface area contributed by atoms with Crippen LogP contribution in [0.5, 0.6) is 0 Å². The lowest BCUT2D eigenvalue weighted by atomic mass is 10.00. The van der Waals surface area contributed by atoms with Crippen molar-refractivity contribution >= 4 is 11.6 Å². The van der Waals surface area contributed by atoms with Gasteiger partial charge in [0.25, 0.3) is 0 Å². The third-order valence-corrected chi connectivity index (χ3v) is 4.35. The van der Waals surface area contributed by atoms with E-state index in [4.69, 9.17) is 0 Å². The lowest BCUT2D eigenvalue weighted by Crippen LogP contribution is -2.46. The monoisotopic (exact) mass is 348 g/mol. The van der Waals surface area contributed by atoms with Crippen LogP contribution in [0.4, 0.5) is 18.9 Å². The van der Waals surface area contributed by atoms with Gasteiger partial charge in [-0.05, 0) is 49.2 Å². The van der Waals surface area contributed by atoms with E-state index in [1.165, 1.54) is 12.1 Å². The summed E-state index contributed by atoms with van der Waals surface area (Å²) < 4.78 is 39.6. The second kappa shape index (κ2) is 7.70. The molecule has 25 heavy (non-hydrogen) atoms. The highest BCUT2D eigenvalue weighted by Crippen LogP contribution is 2.22. The number of nitrogens with one attached hydrogen (secondary N) is 1. The van der Waals surface area contributed by atoms with Crippen molar-refractivity contribution < 1.29 is 18.0 Å². The number of benzene rings is 2. The van der Waals surface area contributed by atoms with Crippen molar-refractivity contribution in [2.24, 2.45) is 0 Å². The van der Waals surface area contributed by atoms with E-state index in [2.05, 4.69) is 5.32 Å². The molecule has 1 fully saturated rings. The fraction of sp³-hybridized carbons (Fsp3) is 0.316. The van der Waals surface area contributed by atoms with Gasteiger partial charge in [0.1, 0.15) is 17.5 Å². The van der Waals surface area contributed by atoms with Crippen LogP contribution < -0.4 is 5.32 Å². The summed E-state index contributed by atoms with van der Waals surface area (Å²) in [4.78, 5) is 14.6. The number of halogens is 3. The van der Waals surface area contributed by atoms with Gasteiger partial charge in [0.15, 0.2) is 0 Å². The molecule has 0 aliphatic carbocycles. The summed E-state index contributed by atoms with van der Waals surface area (Å²) in [5, 5.41) is 2.60. The molecule has 2 aromatic carbocycles. The summed E-state index contributed by atoms with van der Waals surface area (Å²) in [6, 6.07) is 8.74. The van der Waals surface area contributed by atoms with Crippen LogP contribution in [0.25, 0.3) is 0 Å². The summed E-state index contributed by atoms with van der Waals surface area (Å²) in [7, 11) is 0. The zero-order valence-electron chi connectivity index (χ0n) is 13.6. The van der Waals surface area contributed by atoms with Gasteiger partial charge in [-0.3, -0.25) is 9.69 Å². The maximum Gasteiger partial charge on any atom is 0.241 e. The fourth-order valence-electron chi connectivity index (χ4n) is 3.15. The smallest absolute Gasteiger partial charge is 0.241 e. The number of carbonyl (C=O) groups excluding carboxylic acids is 1. The van der Waals surface area contributed by atoms with Crippen LogP contribution in [0.1, 0.15) is 24.8 Å². The lowest BCUT2D eigenvalue weighted by Gasteiger charge is -2.34. The first-order chi connectivity index (χ1) is 12.0. The van der Waals surface area contributed by atoms with Crippen LogP contribution in [0.2, 0.25) is 0 Å². The third kappa shape index (κ3) is 4.60. The van der Waals surface area contributed by atoms with E-state index in [-0.39, 0.29) is 23.5 Å². The van der Waals surface area contributed by atoms with Gasteiger partial charge in [-0.15, -0.1) is 0 Å². The van der Waals surface area contributed by atoms with Gasteiger partial charge < -0.3 is 5.32 Å². The minimum Gasteiger partial charge on any atom is -0.325 e. The lowest BCUT2D eigenvalue weighted by molar-refractivity contribution is -0.122. The third-order valence-electron chi connectivity index (χ3n) is 4.35. The quantitative estimate of drug-likeness (QED) is 0.902. The molecule has 3 rings (SSSR count). The van der Waals surface area contributed by atoms with E-state index in [1.54, 1.807) is 12.1 Å². The molecule has 3 nitrogen and oxygen atoms in total. The topological polar surface area (TPSA) is 32.3 Å². The van der Waals surface area contributed by atoms with Crippen molar-refractivity contribution in [2.75, 3.05) is 11.9 Å². The highest BCUT2D eigenvalue weighted by atomic mass is 19.1. The Balaban J connectivity index is 1.71. The summed E-state index contributed by atoms with van der Waals surface area (Å²) in [5.74, 6) is -2.05. The van der Waals surface area contributed by atoms with Gasteiger partial charge in [0.05, 0.1) is 6.04 Å². The van der Waals surface area contributed by atoms with Gasteiger partial charge in [0.2, 0.25) is 5.91 Å². The molecule has 0 saturated carbocycles. The molecule has 0 spiro atoms. The van der Waals surface area contributed by atoms with E-state index in [1.807, 2.05) is 4.90 Å². The molecule has 1 heterocycles. The van der Waals surface area contributed by atoms with Crippen LogP contribution >= 0.6 is 0 Å². The molecule has 1 aliphatic rings. The normalized spacial score (nSPS) is 18.1. The predicted octanol–water partition coefficient (Wildman–Crippen LogP) is 4.10. The summed E-state index contributed by atoms with van der Waals surface area (Å²) in [6.45, 7) is 1.27. The molecule has 6 heteroatoms. The number of carbonyl (C=O) groups is 1. The van der Waals surface area contributed by atoms with Gasteiger partial charge in [0, 0.05) is 18.3 Å². The number of amides is 1. The average Bonchev–Trinajstić information content (AvgIpc) is 2.56. The van der Waals surface area contributed by atoms with Crippen molar-refractivity contribution in [3.8, 4) is 0 Å².